The van der Waals surface area contributed by atoms with Gasteiger partial charge in [0.15, 0.2) is 5.96 Å². The standard InChI is InChI=1S/C13H26N6/c1-5-11(6-2)8-15-13(14-7-3)16-9-12-17-10-18-19(12)4/h10-11H,5-9H2,1-4H3,(H2,14,15,16). The molecule has 2 N–H and O–H groups in total. The highest BCUT2D eigenvalue weighted by atomic mass is 15.3. The van der Waals surface area contributed by atoms with Gasteiger partial charge >= 0.3 is 0 Å². The number of hydrogen-bond donors (Lipinski definition) is 2. The maximum absolute atomic E-state index is 4.53. The first-order valence-electron chi connectivity index (χ1n) is 7.06. The van der Waals surface area contributed by atoms with Crippen LogP contribution in [0.5, 0.6) is 0 Å². The van der Waals surface area contributed by atoms with Gasteiger partial charge in [0.1, 0.15) is 18.7 Å². The second kappa shape index (κ2) is 8.50. The molecule has 6 nitrogen and oxygen atoms in total. The highest BCUT2D eigenvalue weighted by Crippen LogP contribution is 2.04. The molecule has 0 atom stereocenters. The third-order valence-corrected chi connectivity index (χ3v) is 3.24. The van der Waals surface area contributed by atoms with Crippen molar-refractivity contribution in [2.45, 2.75) is 40.2 Å². The monoisotopic (exact) mass is 266 g/mol. The summed E-state index contributed by atoms with van der Waals surface area (Å²) < 4.78 is 1.74. The Labute approximate surface area is 115 Å². The third-order valence-electron chi connectivity index (χ3n) is 3.24. The number of aryl methyl sites for hydroxylation is 1. The first-order valence-corrected chi connectivity index (χ1v) is 7.06. The Bertz CT molecular complexity index is 380. The highest BCUT2D eigenvalue weighted by molar-refractivity contribution is 5.79. The first-order chi connectivity index (χ1) is 9.21. The van der Waals surface area contributed by atoms with Crippen LogP contribution in [-0.4, -0.2) is 33.8 Å². The van der Waals surface area contributed by atoms with Gasteiger partial charge in [-0.3, -0.25) is 4.68 Å². The summed E-state index contributed by atoms with van der Waals surface area (Å²) in [4.78, 5) is 8.69. The first kappa shape index (κ1) is 15.5. The molecule has 1 rings (SSSR count). The molecule has 0 spiro atoms. The molecule has 0 aliphatic rings. The molecule has 0 aliphatic heterocycles. The van der Waals surface area contributed by atoms with Crippen molar-refractivity contribution in [3.8, 4) is 0 Å². The van der Waals surface area contributed by atoms with Crippen LogP contribution in [0.1, 0.15) is 39.4 Å². The van der Waals surface area contributed by atoms with Crippen LogP contribution in [-0.2, 0) is 13.6 Å². The van der Waals surface area contributed by atoms with Gasteiger partial charge in [0.05, 0.1) is 0 Å². The molecule has 0 bridgehead atoms. The van der Waals surface area contributed by atoms with E-state index in [-0.39, 0.29) is 0 Å². The van der Waals surface area contributed by atoms with E-state index < -0.39 is 0 Å². The zero-order valence-corrected chi connectivity index (χ0v) is 12.5. The van der Waals surface area contributed by atoms with E-state index in [1.165, 1.54) is 12.8 Å². The number of rotatable bonds is 7. The van der Waals surface area contributed by atoms with Gasteiger partial charge in [0.2, 0.25) is 0 Å². The van der Waals surface area contributed by atoms with Crippen molar-refractivity contribution in [2.24, 2.45) is 18.0 Å². The fraction of sp³-hybridized carbons (Fsp3) is 0.769. The topological polar surface area (TPSA) is 67.1 Å². The van der Waals surface area contributed by atoms with Crippen molar-refractivity contribution in [1.82, 2.24) is 25.4 Å². The number of nitrogens with zero attached hydrogens (tertiary/aromatic N) is 4. The lowest BCUT2D eigenvalue weighted by atomic mass is 10.0. The smallest absolute Gasteiger partial charge is 0.191 e. The van der Waals surface area contributed by atoms with E-state index >= 15 is 0 Å². The number of aliphatic imine (C=N–C) groups is 1. The number of guanidine groups is 1. The van der Waals surface area contributed by atoms with Crippen LogP contribution >= 0.6 is 0 Å². The summed E-state index contributed by atoms with van der Waals surface area (Å²) in [6.45, 7) is 8.86. The second-order valence-corrected chi connectivity index (χ2v) is 4.56. The van der Waals surface area contributed by atoms with Crippen LogP contribution < -0.4 is 10.6 Å². The van der Waals surface area contributed by atoms with Crippen molar-refractivity contribution >= 4 is 5.96 Å². The molecule has 19 heavy (non-hydrogen) atoms. The number of aromatic nitrogens is 3. The van der Waals surface area contributed by atoms with E-state index in [9.17, 15) is 0 Å². The molecule has 1 aromatic heterocycles. The molecule has 0 radical (unpaired) electrons. The molecule has 0 amide bonds. The van der Waals surface area contributed by atoms with Gasteiger partial charge in [0, 0.05) is 20.1 Å². The summed E-state index contributed by atoms with van der Waals surface area (Å²) in [6.07, 6.45) is 3.92. The average Bonchev–Trinajstić information content (AvgIpc) is 2.82. The molecule has 108 valence electrons. The van der Waals surface area contributed by atoms with Gasteiger partial charge in [-0.1, -0.05) is 26.7 Å². The quantitative estimate of drug-likeness (QED) is 0.577. The Morgan fingerprint density at radius 1 is 1.32 bits per heavy atom. The minimum absolute atomic E-state index is 0.536. The molecule has 1 heterocycles. The van der Waals surface area contributed by atoms with Gasteiger partial charge in [-0.25, -0.2) is 9.98 Å². The summed E-state index contributed by atoms with van der Waals surface area (Å²) in [7, 11) is 1.88. The molecule has 0 fully saturated rings. The van der Waals surface area contributed by atoms with E-state index in [2.05, 4.69) is 46.5 Å². The Kier molecular flexibility index (Phi) is 6.92. The molecule has 0 saturated heterocycles. The van der Waals surface area contributed by atoms with Gasteiger partial charge in [0.25, 0.3) is 0 Å². The Morgan fingerprint density at radius 2 is 2.05 bits per heavy atom. The molecule has 0 unspecified atom stereocenters. The summed E-state index contributed by atoms with van der Waals surface area (Å²) in [5.41, 5.74) is 0. The largest absolute Gasteiger partial charge is 0.357 e. The average molecular weight is 266 g/mol. The zero-order chi connectivity index (χ0) is 14.1. The van der Waals surface area contributed by atoms with Crippen LogP contribution in [0.15, 0.2) is 11.3 Å². The van der Waals surface area contributed by atoms with Crippen LogP contribution in [0, 0.1) is 5.92 Å². The van der Waals surface area contributed by atoms with E-state index in [0.717, 1.165) is 24.9 Å². The lowest BCUT2D eigenvalue weighted by Crippen LogP contribution is -2.39. The van der Waals surface area contributed by atoms with Crippen LogP contribution in [0.3, 0.4) is 0 Å². The molecule has 0 aliphatic carbocycles. The lowest BCUT2D eigenvalue weighted by Gasteiger charge is -2.16. The van der Waals surface area contributed by atoms with Crippen molar-refractivity contribution in [3.05, 3.63) is 12.2 Å². The lowest BCUT2D eigenvalue weighted by molar-refractivity contribution is 0.481. The summed E-state index contributed by atoms with van der Waals surface area (Å²) >= 11 is 0. The van der Waals surface area contributed by atoms with E-state index in [0.29, 0.717) is 12.5 Å². The minimum Gasteiger partial charge on any atom is -0.357 e. The second-order valence-electron chi connectivity index (χ2n) is 4.56. The predicted octanol–water partition coefficient (Wildman–Crippen LogP) is 1.31. The van der Waals surface area contributed by atoms with Crippen LogP contribution in [0.25, 0.3) is 0 Å². The highest BCUT2D eigenvalue weighted by Gasteiger charge is 2.05. The predicted molar refractivity (Wildman–Crippen MR) is 77.9 cm³/mol. The molecule has 1 aromatic rings. The normalized spacial score (nSPS) is 11.9. The van der Waals surface area contributed by atoms with E-state index in [1.54, 1.807) is 11.0 Å². The van der Waals surface area contributed by atoms with E-state index in [1.807, 2.05) is 7.05 Å². The summed E-state index contributed by atoms with van der Waals surface area (Å²) in [5.74, 6) is 2.40. The molecule has 0 aromatic carbocycles. The SMILES string of the molecule is CCNC(=NCc1ncnn1C)NCC(CC)CC. The van der Waals surface area contributed by atoms with Crippen LogP contribution in [0.4, 0.5) is 0 Å². The maximum Gasteiger partial charge on any atom is 0.191 e. The fourth-order valence-electron chi connectivity index (χ4n) is 1.77. The molecule has 6 heteroatoms. The van der Waals surface area contributed by atoms with Crippen molar-refractivity contribution < 1.29 is 0 Å². The number of nitrogens with one attached hydrogen (secondary N) is 2. The molecular weight excluding hydrogens is 240 g/mol. The molecular formula is C13H26N6. The van der Waals surface area contributed by atoms with E-state index in [4.69, 9.17) is 0 Å². The minimum atomic E-state index is 0.536. The van der Waals surface area contributed by atoms with Gasteiger partial charge in [-0.2, -0.15) is 5.10 Å². The fourth-order valence-corrected chi connectivity index (χ4v) is 1.77. The van der Waals surface area contributed by atoms with Gasteiger partial charge in [-0.15, -0.1) is 0 Å². The third kappa shape index (κ3) is 5.28. The Balaban J connectivity index is 2.53. The molecule has 0 saturated carbocycles. The van der Waals surface area contributed by atoms with Crippen molar-refractivity contribution in [1.29, 1.82) is 0 Å². The number of hydrogen-bond acceptors (Lipinski definition) is 3. The Morgan fingerprint density at radius 3 is 2.58 bits per heavy atom. The van der Waals surface area contributed by atoms with Crippen molar-refractivity contribution in [3.63, 3.8) is 0 Å². The van der Waals surface area contributed by atoms with Crippen LogP contribution in [0.2, 0.25) is 0 Å². The van der Waals surface area contributed by atoms with Gasteiger partial charge < -0.3 is 10.6 Å². The summed E-state index contributed by atoms with van der Waals surface area (Å²) in [5, 5.41) is 10.7. The zero-order valence-electron chi connectivity index (χ0n) is 12.5. The maximum atomic E-state index is 4.53. The van der Waals surface area contributed by atoms with Gasteiger partial charge in [-0.05, 0) is 12.8 Å². The van der Waals surface area contributed by atoms with Crippen molar-refractivity contribution in [2.75, 3.05) is 13.1 Å². The summed E-state index contributed by atoms with van der Waals surface area (Å²) in [6, 6.07) is 0. The Hall–Kier alpha value is -1.59.